The first-order valence-corrected chi connectivity index (χ1v) is 8.75. The van der Waals surface area contributed by atoms with Gasteiger partial charge in [-0.15, -0.1) is 16.8 Å². The van der Waals surface area contributed by atoms with Crippen molar-refractivity contribution in [3.8, 4) is 0 Å². The molecule has 0 bridgehead atoms. The monoisotopic (exact) mass is 324 g/mol. The standard InChI is InChI=1S/C16H28N4OS/c1-7-8-20-14(6)17-18-16(20)22-11-15(21)19(9-12(2)3)10-13(4)5/h7,12-13H,1,8-11H2,2-6H3. The molecule has 6 heteroatoms. The fourth-order valence-electron chi connectivity index (χ4n) is 2.18. The van der Waals surface area contributed by atoms with Gasteiger partial charge in [-0.1, -0.05) is 45.5 Å². The third kappa shape index (κ3) is 5.83. The number of amides is 1. The molecule has 0 saturated carbocycles. The van der Waals surface area contributed by atoms with Gasteiger partial charge in [-0.2, -0.15) is 0 Å². The molecule has 0 fully saturated rings. The van der Waals surface area contributed by atoms with Crippen LogP contribution in [0.5, 0.6) is 0 Å². The number of thioether (sulfide) groups is 1. The molecule has 124 valence electrons. The number of aromatic nitrogens is 3. The lowest BCUT2D eigenvalue weighted by Gasteiger charge is -2.26. The molecule has 5 nitrogen and oxygen atoms in total. The molecule has 1 heterocycles. The van der Waals surface area contributed by atoms with Gasteiger partial charge in [0.1, 0.15) is 5.82 Å². The summed E-state index contributed by atoms with van der Waals surface area (Å²) in [6.45, 7) is 16.5. The first kappa shape index (κ1) is 18.7. The number of nitrogens with zero attached hydrogens (tertiary/aromatic N) is 4. The lowest BCUT2D eigenvalue weighted by Crippen LogP contribution is -2.38. The largest absolute Gasteiger partial charge is 0.341 e. The van der Waals surface area contributed by atoms with Gasteiger partial charge in [0.25, 0.3) is 0 Å². The maximum absolute atomic E-state index is 12.5. The zero-order valence-electron chi connectivity index (χ0n) is 14.4. The Morgan fingerprint density at radius 1 is 1.27 bits per heavy atom. The zero-order valence-corrected chi connectivity index (χ0v) is 15.2. The smallest absolute Gasteiger partial charge is 0.233 e. The molecule has 0 saturated heterocycles. The molecule has 1 aromatic rings. The quantitative estimate of drug-likeness (QED) is 0.517. The van der Waals surface area contributed by atoms with Crippen LogP contribution in [0.1, 0.15) is 33.5 Å². The Balaban J connectivity index is 2.68. The van der Waals surface area contributed by atoms with Crippen molar-refractivity contribution >= 4 is 17.7 Å². The van der Waals surface area contributed by atoms with Gasteiger partial charge < -0.3 is 9.47 Å². The van der Waals surface area contributed by atoms with Crippen molar-refractivity contribution in [2.75, 3.05) is 18.8 Å². The van der Waals surface area contributed by atoms with Crippen molar-refractivity contribution < 1.29 is 4.79 Å². The summed E-state index contributed by atoms with van der Waals surface area (Å²) >= 11 is 1.45. The molecular formula is C16H28N4OS. The van der Waals surface area contributed by atoms with Crippen LogP contribution in [-0.4, -0.2) is 44.4 Å². The van der Waals surface area contributed by atoms with Crippen molar-refractivity contribution in [3.05, 3.63) is 18.5 Å². The van der Waals surface area contributed by atoms with Crippen LogP contribution in [0, 0.1) is 18.8 Å². The number of carbonyl (C=O) groups excluding carboxylic acids is 1. The summed E-state index contributed by atoms with van der Waals surface area (Å²) in [6, 6.07) is 0. The molecule has 0 aliphatic heterocycles. The lowest BCUT2D eigenvalue weighted by atomic mass is 10.1. The van der Waals surface area contributed by atoms with Gasteiger partial charge >= 0.3 is 0 Å². The number of rotatable bonds is 9. The first-order chi connectivity index (χ1) is 10.3. The van der Waals surface area contributed by atoms with Gasteiger partial charge in [0, 0.05) is 19.6 Å². The SMILES string of the molecule is C=CCn1c(C)nnc1SCC(=O)N(CC(C)C)CC(C)C. The average Bonchev–Trinajstić information content (AvgIpc) is 2.76. The van der Waals surface area contributed by atoms with Crippen LogP contribution in [0.3, 0.4) is 0 Å². The fraction of sp³-hybridized carbons (Fsp3) is 0.688. The van der Waals surface area contributed by atoms with E-state index in [1.807, 2.05) is 22.5 Å². The van der Waals surface area contributed by atoms with E-state index < -0.39 is 0 Å². The number of carbonyl (C=O) groups is 1. The highest BCUT2D eigenvalue weighted by atomic mass is 32.2. The molecule has 1 amide bonds. The Morgan fingerprint density at radius 2 is 1.86 bits per heavy atom. The van der Waals surface area contributed by atoms with Crippen molar-refractivity contribution in [1.82, 2.24) is 19.7 Å². The summed E-state index contributed by atoms with van der Waals surface area (Å²) in [5.41, 5.74) is 0. The van der Waals surface area contributed by atoms with Gasteiger partial charge in [0.15, 0.2) is 5.16 Å². The van der Waals surface area contributed by atoms with E-state index in [9.17, 15) is 4.79 Å². The minimum absolute atomic E-state index is 0.165. The molecule has 0 aromatic carbocycles. The second kappa shape index (κ2) is 8.98. The van der Waals surface area contributed by atoms with Gasteiger partial charge in [-0.05, 0) is 18.8 Å². The summed E-state index contributed by atoms with van der Waals surface area (Å²) in [5.74, 6) is 2.35. The third-order valence-corrected chi connectivity index (χ3v) is 4.01. The van der Waals surface area contributed by atoms with E-state index in [1.54, 1.807) is 0 Å². The highest BCUT2D eigenvalue weighted by Crippen LogP contribution is 2.18. The third-order valence-electron chi connectivity index (χ3n) is 3.06. The highest BCUT2D eigenvalue weighted by molar-refractivity contribution is 7.99. The van der Waals surface area contributed by atoms with Crippen LogP contribution in [-0.2, 0) is 11.3 Å². The number of aryl methyl sites for hydroxylation is 1. The van der Waals surface area contributed by atoms with Gasteiger partial charge in [-0.3, -0.25) is 4.79 Å². The molecule has 0 unspecified atom stereocenters. The van der Waals surface area contributed by atoms with Crippen LogP contribution < -0.4 is 0 Å². The van der Waals surface area contributed by atoms with Crippen LogP contribution >= 0.6 is 11.8 Å². The molecule has 1 aromatic heterocycles. The topological polar surface area (TPSA) is 51.0 Å². The Hall–Kier alpha value is -1.30. The Morgan fingerprint density at radius 3 is 2.36 bits per heavy atom. The van der Waals surface area contributed by atoms with Crippen LogP contribution in [0.4, 0.5) is 0 Å². The second-order valence-corrected chi connectivity index (χ2v) is 7.25. The van der Waals surface area contributed by atoms with E-state index >= 15 is 0 Å². The maximum Gasteiger partial charge on any atom is 0.233 e. The number of hydrogen-bond donors (Lipinski definition) is 0. The predicted molar refractivity (Wildman–Crippen MR) is 91.9 cm³/mol. The fourth-order valence-corrected chi connectivity index (χ4v) is 3.08. The van der Waals surface area contributed by atoms with E-state index in [2.05, 4.69) is 44.5 Å². The van der Waals surface area contributed by atoms with E-state index in [0.29, 0.717) is 24.1 Å². The van der Waals surface area contributed by atoms with Crippen LogP contribution in [0.15, 0.2) is 17.8 Å². The lowest BCUT2D eigenvalue weighted by molar-refractivity contribution is -0.129. The Bertz CT molecular complexity index is 486. The Labute approximate surface area is 138 Å². The molecule has 22 heavy (non-hydrogen) atoms. The molecular weight excluding hydrogens is 296 g/mol. The van der Waals surface area contributed by atoms with Gasteiger partial charge in [-0.25, -0.2) is 0 Å². The number of allylic oxidation sites excluding steroid dienone is 1. The summed E-state index contributed by atoms with van der Waals surface area (Å²) in [7, 11) is 0. The molecule has 0 spiro atoms. The minimum atomic E-state index is 0.165. The zero-order chi connectivity index (χ0) is 16.7. The van der Waals surface area contributed by atoms with Crippen molar-refractivity contribution in [1.29, 1.82) is 0 Å². The van der Waals surface area contributed by atoms with E-state index in [4.69, 9.17) is 0 Å². The van der Waals surface area contributed by atoms with E-state index in [-0.39, 0.29) is 5.91 Å². The van der Waals surface area contributed by atoms with E-state index in [0.717, 1.165) is 24.1 Å². The summed E-state index contributed by atoms with van der Waals surface area (Å²) < 4.78 is 1.97. The minimum Gasteiger partial charge on any atom is -0.341 e. The normalized spacial score (nSPS) is 11.2. The highest BCUT2D eigenvalue weighted by Gasteiger charge is 2.18. The summed E-state index contributed by atoms with van der Waals surface area (Å²) in [6.07, 6.45) is 1.81. The van der Waals surface area contributed by atoms with E-state index in [1.165, 1.54) is 11.8 Å². The molecule has 0 N–H and O–H groups in total. The molecule has 1 rings (SSSR count). The first-order valence-electron chi connectivity index (χ1n) is 7.76. The molecule has 0 radical (unpaired) electrons. The van der Waals surface area contributed by atoms with Crippen molar-refractivity contribution in [2.45, 2.75) is 46.3 Å². The van der Waals surface area contributed by atoms with Crippen molar-refractivity contribution in [2.24, 2.45) is 11.8 Å². The molecule has 0 aliphatic carbocycles. The van der Waals surface area contributed by atoms with Gasteiger partial charge in [0.2, 0.25) is 5.91 Å². The van der Waals surface area contributed by atoms with Gasteiger partial charge in [0.05, 0.1) is 5.75 Å². The van der Waals surface area contributed by atoms with Crippen LogP contribution in [0.2, 0.25) is 0 Å². The predicted octanol–water partition coefficient (Wildman–Crippen LogP) is 3.01. The van der Waals surface area contributed by atoms with Crippen LogP contribution in [0.25, 0.3) is 0 Å². The second-order valence-electron chi connectivity index (χ2n) is 6.30. The molecule has 0 atom stereocenters. The average molecular weight is 324 g/mol. The Kier molecular flexibility index (Phi) is 7.65. The molecule has 0 aliphatic rings. The summed E-state index contributed by atoms with van der Waals surface area (Å²) in [4.78, 5) is 14.5. The van der Waals surface area contributed by atoms with Crippen molar-refractivity contribution in [3.63, 3.8) is 0 Å². The number of hydrogen-bond acceptors (Lipinski definition) is 4. The maximum atomic E-state index is 12.5. The summed E-state index contributed by atoms with van der Waals surface area (Å²) in [5, 5.41) is 9.00.